The van der Waals surface area contributed by atoms with Gasteiger partial charge >= 0.3 is 0 Å². The summed E-state index contributed by atoms with van der Waals surface area (Å²) in [7, 11) is 0. The molecule has 2 saturated carbocycles. The minimum Gasteiger partial charge on any atom is -0.393 e. The first kappa shape index (κ1) is 15.3. The van der Waals surface area contributed by atoms with Gasteiger partial charge in [-0.2, -0.15) is 0 Å². The minimum absolute atomic E-state index is 0.107. The summed E-state index contributed by atoms with van der Waals surface area (Å²) in [5.41, 5.74) is 3.69. The Kier molecular flexibility index (Phi) is 3.60. The van der Waals surface area contributed by atoms with Crippen LogP contribution in [0.15, 0.2) is 23.4 Å². The smallest absolute Gasteiger partial charge is 0.108 e. The Labute approximate surface area is 138 Å². The Morgan fingerprint density at radius 2 is 2.22 bits per heavy atom. The normalized spacial score (nSPS) is 41.8. The largest absolute Gasteiger partial charge is 0.393 e. The quantitative estimate of drug-likeness (QED) is 0.786. The Balaban J connectivity index is 1.76. The molecule has 2 fully saturated rings. The molecule has 0 aromatic heterocycles. The van der Waals surface area contributed by atoms with Crippen LogP contribution in [-0.2, 0) is 6.42 Å². The van der Waals surface area contributed by atoms with E-state index in [1.165, 1.54) is 30.4 Å². The van der Waals surface area contributed by atoms with Crippen molar-refractivity contribution in [3.05, 3.63) is 34.2 Å². The molecule has 3 heteroatoms. The third kappa shape index (κ3) is 2.27. The molecule has 3 unspecified atom stereocenters. The minimum atomic E-state index is -0.107. The monoisotopic (exact) mass is 313 g/mol. The van der Waals surface area contributed by atoms with E-state index in [2.05, 4.69) is 25.1 Å². The van der Waals surface area contributed by atoms with Crippen LogP contribution in [0.4, 0.5) is 5.69 Å². The maximum atomic E-state index is 10.9. The summed E-state index contributed by atoms with van der Waals surface area (Å²) >= 11 is 0. The van der Waals surface area contributed by atoms with Gasteiger partial charge in [0.2, 0.25) is 0 Å². The van der Waals surface area contributed by atoms with Crippen molar-refractivity contribution in [3.63, 3.8) is 0 Å². The molecule has 0 saturated heterocycles. The fraction of sp³-hybridized carbons (Fsp3) is 0.700. The third-order valence-corrected chi connectivity index (χ3v) is 7.26. The van der Waals surface area contributed by atoms with Crippen LogP contribution in [0.5, 0.6) is 0 Å². The molecule has 0 radical (unpaired) electrons. The number of aliphatic hydroxyl groups excluding tert-OH is 1. The van der Waals surface area contributed by atoms with Crippen molar-refractivity contribution in [2.45, 2.75) is 64.4 Å². The SMILES string of the molecule is CC[C@H]1Cc2cc(N=O)ccc2C2CC[C@]3(C)C[C@H](O)CC3C21. The second kappa shape index (κ2) is 5.41. The van der Waals surface area contributed by atoms with Gasteiger partial charge in [-0.05, 0) is 89.6 Å². The van der Waals surface area contributed by atoms with Crippen molar-refractivity contribution in [2.24, 2.45) is 28.3 Å². The van der Waals surface area contributed by atoms with Gasteiger partial charge in [-0.1, -0.05) is 26.3 Å². The molecule has 1 aromatic rings. The topological polar surface area (TPSA) is 49.7 Å². The van der Waals surface area contributed by atoms with Crippen LogP contribution in [0.1, 0.15) is 63.0 Å². The summed E-state index contributed by atoms with van der Waals surface area (Å²) in [5, 5.41) is 13.4. The molecule has 4 rings (SSSR count). The lowest BCUT2D eigenvalue weighted by Gasteiger charge is -2.52. The molecule has 0 spiro atoms. The maximum Gasteiger partial charge on any atom is 0.108 e. The molecule has 0 bridgehead atoms. The molecule has 3 aliphatic carbocycles. The van der Waals surface area contributed by atoms with E-state index in [-0.39, 0.29) is 6.10 Å². The lowest BCUT2D eigenvalue weighted by atomic mass is 9.52. The van der Waals surface area contributed by atoms with E-state index in [0.717, 1.165) is 19.3 Å². The van der Waals surface area contributed by atoms with Gasteiger partial charge in [-0.15, -0.1) is 4.91 Å². The van der Waals surface area contributed by atoms with Crippen LogP contribution in [0, 0.1) is 28.1 Å². The van der Waals surface area contributed by atoms with Crippen molar-refractivity contribution in [2.75, 3.05) is 0 Å². The molecule has 6 atom stereocenters. The Morgan fingerprint density at radius 1 is 1.39 bits per heavy atom. The molecule has 1 N–H and O–H groups in total. The standard InChI is InChI=1S/C20H27NO2/c1-3-12-8-13-9-14(21-23)4-5-16(13)17-6-7-20(2)11-15(22)10-18(20)19(12)17/h4-5,9,12,15,17-19,22H,3,6-8,10-11H2,1-2H3/t12-,15+,17?,18?,19?,20+/m0/s1. The van der Waals surface area contributed by atoms with E-state index in [1.807, 2.05) is 12.1 Å². The van der Waals surface area contributed by atoms with E-state index in [1.54, 1.807) is 0 Å². The first-order valence-electron chi connectivity index (χ1n) is 9.20. The van der Waals surface area contributed by atoms with Crippen LogP contribution >= 0.6 is 0 Å². The lowest BCUT2D eigenvalue weighted by molar-refractivity contribution is 0.0248. The van der Waals surface area contributed by atoms with Gasteiger partial charge in [-0.3, -0.25) is 0 Å². The van der Waals surface area contributed by atoms with Crippen molar-refractivity contribution in [3.8, 4) is 0 Å². The lowest BCUT2D eigenvalue weighted by Crippen LogP contribution is -2.43. The van der Waals surface area contributed by atoms with E-state index >= 15 is 0 Å². The number of aliphatic hydroxyl groups is 1. The second-order valence-electron chi connectivity index (χ2n) is 8.42. The number of nitroso groups, excluding NO2 is 1. The molecule has 124 valence electrons. The summed E-state index contributed by atoms with van der Waals surface area (Å²) in [6, 6.07) is 6.05. The van der Waals surface area contributed by atoms with Gasteiger partial charge in [-0.25, -0.2) is 0 Å². The zero-order valence-corrected chi connectivity index (χ0v) is 14.2. The number of nitrogens with zero attached hydrogens (tertiary/aromatic N) is 1. The van der Waals surface area contributed by atoms with Crippen LogP contribution in [0.3, 0.4) is 0 Å². The number of benzene rings is 1. The predicted molar refractivity (Wildman–Crippen MR) is 91.7 cm³/mol. The molecule has 3 aliphatic rings. The zero-order valence-electron chi connectivity index (χ0n) is 14.2. The summed E-state index contributed by atoms with van der Waals surface area (Å²) in [6.07, 6.45) is 6.56. The average molecular weight is 313 g/mol. The van der Waals surface area contributed by atoms with Gasteiger partial charge in [0.15, 0.2) is 0 Å². The fourth-order valence-corrected chi connectivity index (χ4v) is 6.26. The highest BCUT2D eigenvalue weighted by molar-refractivity contribution is 5.47. The fourth-order valence-electron chi connectivity index (χ4n) is 6.26. The van der Waals surface area contributed by atoms with Gasteiger partial charge in [0.05, 0.1) is 6.10 Å². The number of rotatable bonds is 2. The first-order valence-corrected chi connectivity index (χ1v) is 9.20. The molecule has 0 aliphatic heterocycles. The maximum absolute atomic E-state index is 10.9. The molecule has 1 aromatic carbocycles. The van der Waals surface area contributed by atoms with Crippen LogP contribution in [0.25, 0.3) is 0 Å². The van der Waals surface area contributed by atoms with Crippen LogP contribution in [-0.4, -0.2) is 11.2 Å². The first-order chi connectivity index (χ1) is 11.1. The molecule has 0 heterocycles. The molecule has 0 amide bonds. The highest BCUT2D eigenvalue weighted by atomic mass is 16.3. The summed E-state index contributed by atoms with van der Waals surface area (Å²) in [5.74, 6) is 2.62. The highest BCUT2D eigenvalue weighted by Crippen LogP contribution is 2.62. The molecule has 23 heavy (non-hydrogen) atoms. The highest BCUT2D eigenvalue weighted by Gasteiger charge is 2.54. The van der Waals surface area contributed by atoms with Crippen molar-refractivity contribution in [1.82, 2.24) is 0 Å². The third-order valence-electron chi connectivity index (χ3n) is 7.26. The summed E-state index contributed by atoms with van der Waals surface area (Å²) in [6.45, 7) is 4.71. The van der Waals surface area contributed by atoms with Crippen LogP contribution < -0.4 is 0 Å². The summed E-state index contributed by atoms with van der Waals surface area (Å²) in [4.78, 5) is 10.9. The number of hydrogen-bond donors (Lipinski definition) is 1. The van der Waals surface area contributed by atoms with Gasteiger partial charge in [0.1, 0.15) is 5.69 Å². The predicted octanol–water partition coefficient (Wildman–Crippen LogP) is 4.94. The van der Waals surface area contributed by atoms with Crippen molar-refractivity contribution in [1.29, 1.82) is 0 Å². The van der Waals surface area contributed by atoms with Crippen LogP contribution in [0.2, 0.25) is 0 Å². The van der Waals surface area contributed by atoms with Crippen molar-refractivity contribution >= 4 is 5.69 Å². The Bertz CT molecular complexity index is 628. The molecular formula is C20H27NO2. The van der Waals surface area contributed by atoms with Crippen molar-refractivity contribution < 1.29 is 5.11 Å². The van der Waals surface area contributed by atoms with E-state index in [0.29, 0.717) is 34.8 Å². The van der Waals surface area contributed by atoms with E-state index in [4.69, 9.17) is 0 Å². The average Bonchev–Trinajstić information content (AvgIpc) is 2.87. The number of hydrogen-bond acceptors (Lipinski definition) is 3. The van der Waals surface area contributed by atoms with Gasteiger partial charge < -0.3 is 5.11 Å². The molecule has 3 nitrogen and oxygen atoms in total. The molecular weight excluding hydrogens is 286 g/mol. The second-order valence-corrected chi connectivity index (χ2v) is 8.42. The van der Waals surface area contributed by atoms with E-state index in [9.17, 15) is 10.0 Å². The Hall–Kier alpha value is -1.22. The zero-order chi connectivity index (χ0) is 16.2. The number of fused-ring (bicyclic) bond motifs is 5. The Morgan fingerprint density at radius 3 is 2.96 bits per heavy atom. The van der Waals surface area contributed by atoms with Gasteiger partial charge in [0, 0.05) is 0 Å². The van der Waals surface area contributed by atoms with E-state index < -0.39 is 0 Å². The van der Waals surface area contributed by atoms with Gasteiger partial charge in [0.25, 0.3) is 0 Å². The summed E-state index contributed by atoms with van der Waals surface area (Å²) < 4.78 is 0.